The maximum Gasteiger partial charge on any atom is 0.162 e. The number of nitrogen functional groups attached to an aromatic ring is 1. The first-order chi connectivity index (χ1) is 10.2. The molecule has 108 valence electrons. The lowest BCUT2D eigenvalue weighted by molar-refractivity contribution is 0.284. The highest BCUT2D eigenvalue weighted by atomic mass is 16.5. The van der Waals surface area contributed by atoms with Crippen LogP contribution in [0.4, 0.5) is 5.69 Å². The van der Waals surface area contributed by atoms with Crippen molar-refractivity contribution in [3.63, 3.8) is 0 Å². The van der Waals surface area contributed by atoms with Gasteiger partial charge < -0.3 is 19.9 Å². The summed E-state index contributed by atoms with van der Waals surface area (Å²) in [6, 6.07) is 12.6. The van der Waals surface area contributed by atoms with Crippen LogP contribution in [0.1, 0.15) is 11.1 Å². The monoisotopic (exact) mass is 284 g/mol. The van der Waals surface area contributed by atoms with E-state index in [4.69, 9.17) is 25.2 Å². The minimum absolute atomic E-state index is 0.344. The number of ether oxygens (including phenoxy) is 3. The molecule has 2 aromatic carbocycles. The molecule has 5 heteroatoms. The molecule has 2 N–H and O–H groups in total. The van der Waals surface area contributed by atoms with Gasteiger partial charge in [0.1, 0.15) is 12.4 Å². The zero-order valence-corrected chi connectivity index (χ0v) is 11.9. The van der Waals surface area contributed by atoms with Gasteiger partial charge >= 0.3 is 0 Å². The molecule has 0 heterocycles. The average Bonchev–Trinajstić information content (AvgIpc) is 2.52. The predicted molar refractivity (Wildman–Crippen MR) is 79.4 cm³/mol. The van der Waals surface area contributed by atoms with Crippen molar-refractivity contribution in [2.45, 2.75) is 6.61 Å². The molecule has 0 aromatic heterocycles. The van der Waals surface area contributed by atoms with Gasteiger partial charge in [0, 0.05) is 6.07 Å². The zero-order valence-electron chi connectivity index (χ0n) is 11.9. The number of rotatable bonds is 5. The summed E-state index contributed by atoms with van der Waals surface area (Å²) in [5.41, 5.74) is 7.85. The van der Waals surface area contributed by atoms with Crippen LogP contribution in [0.5, 0.6) is 17.2 Å². The van der Waals surface area contributed by atoms with Crippen LogP contribution < -0.4 is 19.9 Å². The Balaban J connectivity index is 2.13. The Labute approximate surface area is 123 Å². The van der Waals surface area contributed by atoms with Crippen molar-refractivity contribution >= 4 is 5.69 Å². The smallest absolute Gasteiger partial charge is 0.162 e. The van der Waals surface area contributed by atoms with Crippen molar-refractivity contribution in [1.82, 2.24) is 0 Å². The van der Waals surface area contributed by atoms with Crippen LogP contribution in [0.25, 0.3) is 0 Å². The minimum atomic E-state index is 0.344. The van der Waals surface area contributed by atoms with Gasteiger partial charge in [-0.1, -0.05) is 6.07 Å². The molecule has 0 saturated heterocycles. The third-order valence-corrected chi connectivity index (χ3v) is 2.98. The highest BCUT2D eigenvalue weighted by molar-refractivity contribution is 5.54. The Morgan fingerprint density at radius 2 is 1.71 bits per heavy atom. The maximum atomic E-state index is 8.86. The Bertz CT molecular complexity index is 678. The quantitative estimate of drug-likeness (QED) is 0.854. The third kappa shape index (κ3) is 3.37. The Hall–Kier alpha value is -2.87. The summed E-state index contributed by atoms with van der Waals surface area (Å²) in [7, 11) is 3.11. The third-order valence-electron chi connectivity index (χ3n) is 2.98. The van der Waals surface area contributed by atoms with Gasteiger partial charge in [-0.05, 0) is 29.8 Å². The minimum Gasteiger partial charge on any atom is -0.495 e. The topological polar surface area (TPSA) is 77.5 Å². The molecular weight excluding hydrogens is 268 g/mol. The average molecular weight is 284 g/mol. The molecule has 0 aliphatic carbocycles. The van der Waals surface area contributed by atoms with Crippen molar-refractivity contribution in [2.75, 3.05) is 20.0 Å². The highest BCUT2D eigenvalue weighted by Gasteiger charge is 2.07. The summed E-state index contributed by atoms with van der Waals surface area (Å²) < 4.78 is 16.0. The fourth-order valence-electron chi connectivity index (χ4n) is 1.89. The first-order valence-electron chi connectivity index (χ1n) is 6.31. The van der Waals surface area contributed by atoms with Crippen LogP contribution in [0, 0.1) is 11.3 Å². The number of nitrogens with two attached hydrogens (primary N) is 1. The molecule has 2 aromatic rings. The van der Waals surface area contributed by atoms with E-state index in [2.05, 4.69) is 6.07 Å². The number of nitrogens with zero attached hydrogens (tertiary/aromatic N) is 1. The molecule has 0 spiro atoms. The van der Waals surface area contributed by atoms with E-state index in [0.717, 1.165) is 5.56 Å². The summed E-state index contributed by atoms with van der Waals surface area (Å²) in [6.45, 7) is 0.344. The van der Waals surface area contributed by atoms with E-state index < -0.39 is 0 Å². The molecule has 0 fully saturated rings. The van der Waals surface area contributed by atoms with Gasteiger partial charge in [0.15, 0.2) is 11.5 Å². The molecule has 0 unspecified atom stereocenters. The SMILES string of the molecule is COc1ccc(COc2ccc(C#N)cc2OC)cc1N. The molecule has 21 heavy (non-hydrogen) atoms. The molecule has 2 rings (SSSR count). The van der Waals surface area contributed by atoms with Gasteiger partial charge in [-0.3, -0.25) is 0 Å². The van der Waals surface area contributed by atoms with Gasteiger partial charge in [0.2, 0.25) is 0 Å². The lowest BCUT2D eigenvalue weighted by atomic mass is 10.2. The number of hydrogen-bond donors (Lipinski definition) is 1. The summed E-state index contributed by atoms with van der Waals surface area (Å²) >= 11 is 0. The van der Waals surface area contributed by atoms with Crippen molar-refractivity contribution in [3.8, 4) is 23.3 Å². The lowest BCUT2D eigenvalue weighted by Crippen LogP contribution is -2.00. The van der Waals surface area contributed by atoms with Crippen molar-refractivity contribution in [2.24, 2.45) is 0 Å². The molecule has 0 bridgehead atoms. The van der Waals surface area contributed by atoms with Gasteiger partial charge in [-0.2, -0.15) is 5.26 Å². The largest absolute Gasteiger partial charge is 0.495 e. The Morgan fingerprint density at radius 3 is 2.33 bits per heavy atom. The second-order valence-corrected chi connectivity index (χ2v) is 4.34. The standard InChI is InChI=1S/C16H16N2O3/c1-19-14-5-4-12(7-13(14)18)10-21-15-6-3-11(9-17)8-16(15)20-2/h3-8H,10,18H2,1-2H3. The van der Waals surface area contributed by atoms with E-state index >= 15 is 0 Å². The van der Waals surface area contributed by atoms with E-state index in [1.165, 1.54) is 7.11 Å². The van der Waals surface area contributed by atoms with Crippen LogP contribution in [-0.2, 0) is 6.61 Å². The van der Waals surface area contributed by atoms with Crippen LogP contribution in [-0.4, -0.2) is 14.2 Å². The summed E-state index contributed by atoms with van der Waals surface area (Å²) in [6.07, 6.45) is 0. The van der Waals surface area contributed by atoms with Crippen molar-refractivity contribution in [3.05, 3.63) is 47.5 Å². The van der Waals surface area contributed by atoms with E-state index in [1.54, 1.807) is 37.4 Å². The van der Waals surface area contributed by atoms with E-state index in [9.17, 15) is 0 Å². The van der Waals surface area contributed by atoms with Crippen molar-refractivity contribution in [1.29, 1.82) is 5.26 Å². The maximum absolute atomic E-state index is 8.86. The molecular formula is C16H16N2O3. The van der Waals surface area contributed by atoms with E-state index in [-0.39, 0.29) is 0 Å². The molecule has 5 nitrogen and oxygen atoms in total. The van der Waals surface area contributed by atoms with Gasteiger partial charge in [-0.25, -0.2) is 0 Å². The second-order valence-electron chi connectivity index (χ2n) is 4.34. The first-order valence-corrected chi connectivity index (χ1v) is 6.31. The molecule has 0 radical (unpaired) electrons. The first kappa shape index (κ1) is 14.5. The lowest BCUT2D eigenvalue weighted by Gasteiger charge is -2.12. The number of hydrogen-bond acceptors (Lipinski definition) is 5. The van der Waals surface area contributed by atoms with Crippen LogP contribution in [0.3, 0.4) is 0 Å². The molecule has 0 amide bonds. The number of benzene rings is 2. The molecule has 0 aliphatic rings. The van der Waals surface area contributed by atoms with E-state index in [1.807, 2.05) is 6.07 Å². The number of anilines is 1. The van der Waals surface area contributed by atoms with Crippen molar-refractivity contribution < 1.29 is 14.2 Å². The van der Waals surface area contributed by atoms with Gasteiger partial charge in [0.25, 0.3) is 0 Å². The van der Waals surface area contributed by atoms with Crippen LogP contribution in [0.2, 0.25) is 0 Å². The number of methoxy groups -OCH3 is 2. The predicted octanol–water partition coefficient (Wildman–Crippen LogP) is 2.74. The molecule has 0 atom stereocenters. The summed E-state index contributed by atoms with van der Waals surface area (Å²) in [5, 5.41) is 8.86. The van der Waals surface area contributed by atoms with E-state index in [0.29, 0.717) is 35.1 Å². The fraction of sp³-hybridized carbons (Fsp3) is 0.188. The van der Waals surface area contributed by atoms with Crippen LogP contribution >= 0.6 is 0 Å². The highest BCUT2D eigenvalue weighted by Crippen LogP contribution is 2.29. The normalized spacial score (nSPS) is 9.76. The summed E-state index contributed by atoms with van der Waals surface area (Å²) in [5.74, 6) is 1.73. The van der Waals surface area contributed by atoms with Gasteiger partial charge in [0.05, 0.1) is 31.5 Å². The second kappa shape index (κ2) is 6.53. The Kier molecular flexibility index (Phi) is 4.52. The Morgan fingerprint density at radius 1 is 1.00 bits per heavy atom. The fourth-order valence-corrected chi connectivity index (χ4v) is 1.89. The van der Waals surface area contributed by atoms with Gasteiger partial charge in [-0.15, -0.1) is 0 Å². The number of nitriles is 1. The zero-order chi connectivity index (χ0) is 15.2. The molecule has 0 saturated carbocycles. The summed E-state index contributed by atoms with van der Waals surface area (Å²) in [4.78, 5) is 0. The molecule has 0 aliphatic heterocycles. The van der Waals surface area contributed by atoms with Crippen LogP contribution in [0.15, 0.2) is 36.4 Å².